The summed E-state index contributed by atoms with van der Waals surface area (Å²) in [6.45, 7) is 13.4. The van der Waals surface area contributed by atoms with E-state index < -0.39 is 0 Å². The van der Waals surface area contributed by atoms with Crippen LogP contribution in [0.1, 0.15) is 66.2 Å². The van der Waals surface area contributed by atoms with Gasteiger partial charge in [0.1, 0.15) is 0 Å². The molecule has 122 valence electrons. The van der Waals surface area contributed by atoms with Gasteiger partial charge in [-0.2, -0.15) is 0 Å². The number of piperazine rings is 1. The molecule has 1 heterocycles. The molecule has 3 fully saturated rings. The van der Waals surface area contributed by atoms with E-state index in [1.807, 2.05) is 0 Å². The second-order valence-corrected chi connectivity index (χ2v) is 9.16. The Morgan fingerprint density at radius 3 is 2.52 bits per heavy atom. The van der Waals surface area contributed by atoms with Gasteiger partial charge in [-0.15, -0.1) is 0 Å². The molecule has 3 rings (SSSR count). The van der Waals surface area contributed by atoms with Crippen LogP contribution in [0.2, 0.25) is 0 Å². The van der Waals surface area contributed by atoms with Gasteiger partial charge in [0, 0.05) is 31.7 Å². The molecule has 2 nitrogen and oxygen atoms in total. The van der Waals surface area contributed by atoms with Crippen LogP contribution in [-0.2, 0) is 0 Å². The van der Waals surface area contributed by atoms with E-state index in [0.29, 0.717) is 11.5 Å². The van der Waals surface area contributed by atoms with Gasteiger partial charge in [-0.05, 0) is 48.9 Å². The molecule has 5 unspecified atom stereocenters. The lowest BCUT2D eigenvalue weighted by Crippen LogP contribution is -2.61. The zero-order chi connectivity index (χ0) is 15.0. The molecular formula is C19H36N2. The van der Waals surface area contributed by atoms with Crippen LogP contribution in [0.25, 0.3) is 0 Å². The molecule has 21 heavy (non-hydrogen) atoms. The molecular weight excluding hydrogens is 256 g/mol. The number of nitrogens with zero attached hydrogens (tertiary/aromatic N) is 1. The average molecular weight is 293 g/mol. The fraction of sp³-hybridized carbons (Fsp3) is 1.00. The molecule has 0 amide bonds. The maximum absolute atomic E-state index is 3.84. The Bertz CT molecular complexity index is 346. The fourth-order valence-electron chi connectivity index (χ4n) is 5.18. The number of fused-ring (bicyclic) bond motifs is 2. The van der Waals surface area contributed by atoms with Crippen LogP contribution < -0.4 is 5.32 Å². The van der Waals surface area contributed by atoms with Crippen molar-refractivity contribution in [2.75, 3.05) is 19.6 Å². The molecule has 0 aromatic carbocycles. The van der Waals surface area contributed by atoms with Gasteiger partial charge in [-0.3, -0.25) is 4.90 Å². The van der Waals surface area contributed by atoms with Crippen LogP contribution >= 0.6 is 0 Å². The van der Waals surface area contributed by atoms with Gasteiger partial charge in [0.2, 0.25) is 0 Å². The zero-order valence-electron chi connectivity index (χ0n) is 14.7. The first-order chi connectivity index (χ1) is 9.97. The summed E-state index contributed by atoms with van der Waals surface area (Å²) in [5.41, 5.74) is 0.379. The standard InChI is InChI=1S/C19H36N2/c1-5-6-17-11-20-18(19(2,3)4)13-21(17)12-16-10-14-7-8-15(16)9-14/h14-18,20H,5-13H2,1-4H3. The van der Waals surface area contributed by atoms with E-state index in [1.165, 1.54) is 51.7 Å². The van der Waals surface area contributed by atoms with Crippen molar-refractivity contribution < 1.29 is 0 Å². The minimum absolute atomic E-state index is 0.379. The third-order valence-corrected chi connectivity index (χ3v) is 6.55. The smallest absolute Gasteiger partial charge is 0.0244 e. The lowest BCUT2D eigenvalue weighted by molar-refractivity contribution is 0.0585. The van der Waals surface area contributed by atoms with E-state index in [4.69, 9.17) is 0 Å². The van der Waals surface area contributed by atoms with Gasteiger partial charge in [0.25, 0.3) is 0 Å². The van der Waals surface area contributed by atoms with E-state index >= 15 is 0 Å². The van der Waals surface area contributed by atoms with Gasteiger partial charge >= 0.3 is 0 Å². The third-order valence-electron chi connectivity index (χ3n) is 6.55. The second kappa shape index (κ2) is 6.20. The maximum Gasteiger partial charge on any atom is 0.0244 e. The minimum atomic E-state index is 0.379. The highest BCUT2D eigenvalue weighted by molar-refractivity contribution is 4.96. The van der Waals surface area contributed by atoms with E-state index in [9.17, 15) is 0 Å². The van der Waals surface area contributed by atoms with E-state index in [1.54, 1.807) is 6.42 Å². The summed E-state index contributed by atoms with van der Waals surface area (Å²) in [6, 6.07) is 1.44. The van der Waals surface area contributed by atoms with Crippen molar-refractivity contribution in [3.05, 3.63) is 0 Å². The number of hydrogen-bond acceptors (Lipinski definition) is 2. The Kier molecular flexibility index (Phi) is 4.66. The Hall–Kier alpha value is -0.0800. The van der Waals surface area contributed by atoms with Crippen LogP contribution in [0.5, 0.6) is 0 Å². The maximum atomic E-state index is 3.84. The molecule has 0 spiro atoms. The molecule has 1 aliphatic heterocycles. The molecule has 0 aromatic rings. The molecule has 5 atom stereocenters. The van der Waals surface area contributed by atoms with Gasteiger partial charge in [0.15, 0.2) is 0 Å². The Balaban J connectivity index is 1.63. The molecule has 2 bridgehead atoms. The SMILES string of the molecule is CCCC1CNC(C(C)(C)C)CN1CC1CC2CCC1C2. The van der Waals surface area contributed by atoms with E-state index in [2.05, 4.69) is 37.9 Å². The highest BCUT2D eigenvalue weighted by Gasteiger charge is 2.42. The van der Waals surface area contributed by atoms with Crippen LogP contribution in [0.4, 0.5) is 0 Å². The summed E-state index contributed by atoms with van der Waals surface area (Å²) in [5.74, 6) is 3.17. The van der Waals surface area contributed by atoms with Crippen molar-refractivity contribution in [1.29, 1.82) is 0 Å². The first-order valence-corrected chi connectivity index (χ1v) is 9.44. The fourth-order valence-corrected chi connectivity index (χ4v) is 5.18. The highest BCUT2D eigenvalue weighted by Crippen LogP contribution is 2.48. The Morgan fingerprint density at radius 1 is 1.14 bits per heavy atom. The first-order valence-electron chi connectivity index (χ1n) is 9.44. The molecule has 3 aliphatic rings. The summed E-state index contributed by atoms with van der Waals surface area (Å²) in [4.78, 5) is 2.88. The molecule has 1 N–H and O–H groups in total. The Morgan fingerprint density at radius 2 is 1.95 bits per heavy atom. The van der Waals surface area contributed by atoms with Crippen molar-refractivity contribution in [2.24, 2.45) is 23.2 Å². The van der Waals surface area contributed by atoms with E-state index in [-0.39, 0.29) is 0 Å². The first kappa shape index (κ1) is 15.8. The lowest BCUT2D eigenvalue weighted by atomic mass is 9.83. The molecule has 2 saturated carbocycles. The van der Waals surface area contributed by atoms with Gasteiger partial charge in [-0.1, -0.05) is 40.5 Å². The number of nitrogens with one attached hydrogen (secondary N) is 1. The Labute approximate surface area is 132 Å². The van der Waals surface area contributed by atoms with Gasteiger partial charge in [-0.25, -0.2) is 0 Å². The number of hydrogen-bond donors (Lipinski definition) is 1. The van der Waals surface area contributed by atoms with Gasteiger partial charge < -0.3 is 5.32 Å². The van der Waals surface area contributed by atoms with Crippen LogP contribution in [0.15, 0.2) is 0 Å². The van der Waals surface area contributed by atoms with Crippen molar-refractivity contribution in [1.82, 2.24) is 10.2 Å². The third kappa shape index (κ3) is 3.47. The summed E-state index contributed by atoms with van der Waals surface area (Å²) < 4.78 is 0. The number of rotatable bonds is 4. The normalized spacial score (nSPS) is 40.9. The summed E-state index contributed by atoms with van der Waals surface area (Å²) >= 11 is 0. The molecule has 0 radical (unpaired) electrons. The monoisotopic (exact) mass is 292 g/mol. The molecule has 2 heteroatoms. The van der Waals surface area contributed by atoms with Crippen molar-refractivity contribution in [3.8, 4) is 0 Å². The quantitative estimate of drug-likeness (QED) is 0.845. The molecule has 0 aromatic heterocycles. The lowest BCUT2D eigenvalue weighted by Gasteiger charge is -2.46. The highest BCUT2D eigenvalue weighted by atomic mass is 15.2. The van der Waals surface area contributed by atoms with Crippen LogP contribution in [-0.4, -0.2) is 36.6 Å². The minimum Gasteiger partial charge on any atom is -0.311 e. The zero-order valence-corrected chi connectivity index (χ0v) is 14.7. The van der Waals surface area contributed by atoms with E-state index in [0.717, 1.165) is 23.8 Å². The second-order valence-electron chi connectivity index (χ2n) is 9.16. The molecule has 1 saturated heterocycles. The molecule has 2 aliphatic carbocycles. The van der Waals surface area contributed by atoms with Crippen LogP contribution in [0, 0.1) is 23.2 Å². The summed E-state index contributed by atoms with van der Waals surface area (Å²) in [7, 11) is 0. The topological polar surface area (TPSA) is 15.3 Å². The largest absolute Gasteiger partial charge is 0.311 e. The van der Waals surface area contributed by atoms with Crippen molar-refractivity contribution in [2.45, 2.75) is 78.3 Å². The van der Waals surface area contributed by atoms with Gasteiger partial charge in [0.05, 0.1) is 0 Å². The van der Waals surface area contributed by atoms with Crippen molar-refractivity contribution in [3.63, 3.8) is 0 Å². The average Bonchev–Trinajstić information content (AvgIpc) is 3.02. The predicted molar refractivity (Wildman–Crippen MR) is 90.5 cm³/mol. The predicted octanol–water partition coefficient (Wildman–Crippen LogP) is 3.91. The van der Waals surface area contributed by atoms with Crippen molar-refractivity contribution >= 4 is 0 Å². The summed E-state index contributed by atoms with van der Waals surface area (Å²) in [6.07, 6.45) is 8.84. The summed E-state index contributed by atoms with van der Waals surface area (Å²) in [5, 5.41) is 3.84. The van der Waals surface area contributed by atoms with Crippen LogP contribution in [0.3, 0.4) is 0 Å².